The summed E-state index contributed by atoms with van der Waals surface area (Å²) in [6, 6.07) is 0. The number of aromatic nitrogens is 4. The molecule has 35 heavy (non-hydrogen) atoms. The zero-order valence-corrected chi connectivity index (χ0v) is 21.5. The van der Waals surface area contributed by atoms with E-state index in [2.05, 4.69) is 15.0 Å². The lowest BCUT2D eigenvalue weighted by Gasteiger charge is -2.26. The summed E-state index contributed by atoms with van der Waals surface area (Å²) in [6.45, 7) is 4.44. The highest BCUT2D eigenvalue weighted by Crippen LogP contribution is 2.52. The molecule has 192 valence electrons. The van der Waals surface area contributed by atoms with Crippen LogP contribution in [-0.4, -0.2) is 86.3 Å². The van der Waals surface area contributed by atoms with Crippen molar-refractivity contribution in [1.29, 1.82) is 0 Å². The van der Waals surface area contributed by atoms with Crippen molar-refractivity contribution < 1.29 is 37.4 Å². The number of imidazole rings is 1. The SMILES string of the molecule is CC(=O)SCCOP(=O)(OC[C@H]1O[C@@H](n2cnc3c(=O)[nH]c(C)nc32)[C@@]2(C)OC(=O)OC12)N(C)C. The maximum atomic E-state index is 13.2. The Kier molecular flexibility index (Phi) is 7.10. The van der Waals surface area contributed by atoms with Gasteiger partial charge in [0.25, 0.3) is 5.56 Å². The summed E-state index contributed by atoms with van der Waals surface area (Å²) in [6.07, 6.45) is -2.28. The van der Waals surface area contributed by atoms with Crippen LogP contribution in [0, 0.1) is 6.92 Å². The number of aryl methyl sites for hydroxylation is 1. The van der Waals surface area contributed by atoms with Crippen LogP contribution in [0.15, 0.2) is 11.1 Å². The van der Waals surface area contributed by atoms with E-state index in [4.69, 9.17) is 23.3 Å². The molecule has 0 aromatic carbocycles. The van der Waals surface area contributed by atoms with Crippen LogP contribution in [0.2, 0.25) is 0 Å². The molecule has 4 rings (SSSR count). The molecule has 2 aromatic rings. The lowest BCUT2D eigenvalue weighted by molar-refractivity contribution is -0.109. The number of aromatic amines is 1. The van der Waals surface area contributed by atoms with Crippen LogP contribution in [0.3, 0.4) is 0 Å². The summed E-state index contributed by atoms with van der Waals surface area (Å²) in [4.78, 5) is 46.5. The lowest BCUT2D eigenvalue weighted by atomic mass is 9.96. The number of carbonyl (C=O) groups excluding carboxylic acids is 2. The Labute approximate surface area is 204 Å². The number of fused-ring (bicyclic) bond motifs is 2. The van der Waals surface area contributed by atoms with Crippen molar-refractivity contribution in [2.24, 2.45) is 0 Å². The van der Waals surface area contributed by atoms with Gasteiger partial charge < -0.3 is 19.2 Å². The van der Waals surface area contributed by atoms with Gasteiger partial charge in [0.2, 0.25) is 0 Å². The quantitative estimate of drug-likeness (QED) is 0.282. The summed E-state index contributed by atoms with van der Waals surface area (Å²) in [5.41, 5.74) is -1.39. The van der Waals surface area contributed by atoms with E-state index in [-0.39, 0.29) is 29.5 Å². The van der Waals surface area contributed by atoms with Gasteiger partial charge >= 0.3 is 13.9 Å². The largest absolute Gasteiger partial charge is 0.509 e. The molecule has 16 heteroatoms. The van der Waals surface area contributed by atoms with Gasteiger partial charge in [-0.3, -0.25) is 23.2 Å². The Balaban J connectivity index is 1.56. The third-order valence-electron chi connectivity index (χ3n) is 5.56. The standard InChI is InChI=1S/C19H26N5O9PS/c1-10-21-15-13(16(26)22-10)20-9-24(15)17-19(3)14(32-18(27)33-19)12(31-17)8-30-34(28,23(4)5)29-6-7-35-11(2)25/h9,12,14,17H,6-8H2,1-5H3,(H,21,22,26)/t12-,14?,17-,19+,34?/m1/s1. The van der Waals surface area contributed by atoms with Gasteiger partial charge in [-0.2, -0.15) is 0 Å². The van der Waals surface area contributed by atoms with Crippen LogP contribution >= 0.6 is 19.5 Å². The minimum Gasteiger partial charge on any atom is -0.424 e. The number of carbonyl (C=O) groups is 2. The molecule has 0 radical (unpaired) electrons. The first kappa shape index (κ1) is 25.8. The van der Waals surface area contributed by atoms with E-state index in [0.29, 0.717) is 11.6 Å². The van der Waals surface area contributed by atoms with Gasteiger partial charge in [0.1, 0.15) is 11.9 Å². The normalized spacial score (nSPS) is 27.6. The van der Waals surface area contributed by atoms with Gasteiger partial charge in [0, 0.05) is 12.7 Å². The minimum atomic E-state index is -3.74. The van der Waals surface area contributed by atoms with Gasteiger partial charge in [0.15, 0.2) is 34.2 Å². The van der Waals surface area contributed by atoms with Crippen molar-refractivity contribution in [2.45, 2.75) is 44.8 Å². The summed E-state index contributed by atoms with van der Waals surface area (Å²) >= 11 is 1.04. The van der Waals surface area contributed by atoms with Gasteiger partial charge in [-0.25, -0.2) is 24.0 Å². The molecule has 14 nitrogen and oxygen atoms in total. The molecular formula is C19H26N5O9PS. The molecule has 2 saturated heterocycles. The molecule has 5 atom stereocenters. The van der Waals surface area contributed by atoms with E-state index in [9.17, 15) is 18.9 Å². The molecule has 0 amide bonds. The predicted octanol–water partition coefficient (Wildman–Crippen LogP) is 1.60. The second kappa shape index (κ2) is 9.64. The molecule has 2 unspecified atom stereocenters. The van der Waals surface area contributed by atoms with E-state index in [1.54, 1.807) is 13.8 Å². The summed E-state index contributed by atoms with van der Waals surface area (Å²) in [5.74, 6) is 0.680. The molecule has 2 aliphatic heterocycles. The number of nitrogens with one attached hydrogen (secondary N) is 1. The number of hydrogen-bond acceptors (Lipinski definition) is 12. The number of ether oxygens (including phenoxy) is 3. The van der Waals surface area contributed by atoms with Crippen LogP contribution < -0.4 is 5.56 Å². The Morgan fingerprint density at radius 2 is 2.11 bits per heavy atom. The Bertz CT molecular complexity index is 1250. The van der Waals surface area contributed by atoms with E-state index < -0.39 is 43.5 Å². The topological polar surface area (TPSA) is 164 Å². The van der Waals surface area contributed by atoms with Crippen LogP contribution in [0.1, 0.15) is 25.9 Å². The number of H-pyrrole nitrogens is 1. The highest BCUT2D eigenvalue weighted by Gasteiger charge is 2.64. The van der Waals surface area contributed by atoms with Crippen LogP contribution in [0.4, 0.5) is 4.79 Å². The second-order valence-electron chi connectivity index (χ2n) is 8.36. The Morgan fingerprint density at radius 3 is 2.80 bits per heavy atom. The third-order valence-corrected chi connectivity index (χ3v) is 8.30. The molecule has 0 aliphatic carbocycles. The fourth-order valence-corrected chi connectivity index (χ4v) is 5.71. The lowest BCUT2D eigenvalue weighted by Crippen LogP contribution is -2.42. The van der Waals surface area contributed by atoms with Crippen LogP contribution in [0.25, 0.3) is 11.2 Å². The second-order valence-corrected chi connectivity index (χ2v) is 11.9. The van der Waals surface area contributed by atoms with E-state index in [1.165, 1.54) is 36.6 Å². The number of nitrogens with zero attached hydrogens (tertiary/aromatic N) is 4. The summed E-state index contributed by atoms with van der Waals surface area (Å²) < 4.78 is 44.2. The van der Waals surface area contributed by atoms with Crippen LogP contribution in [-0.2, 0) is 32.6 Å². The Morgan fingerprint density at radius 1 is 1.37 bits per heavy atom. The van der Waals surface area contributed by atoms with Gasteiger partial charge in [-0.05, 0) is 27.9 Å². The van der Waals surface area contributed by atoms with Crippen molar-refractivity contribution in [1.82, 2.24) is 24.2 Å². The molecule has 2 aromatic heterocycles. The summed E-state index contributed by atoms with van der Waals surface area (Å²) in [5, 5.41) is -0.0827. The monoisotopic (exact) mass is 531 g/mol. The molecule has 2 aliphatic rings. The average Bonchev–Trinajstić information content (AvgIpc) is 3.39. The van der Waals surface area contributed by atoms with Crippen molar-refractivity contribution in [2.75, 3.05) is 33.1 Å². The van der Waals surface area contributed by atoms with Gasteiger partial charge in [-0.15, -0.1) is 0 Å². The maximum Gasteiger partial charge on any atom is 0.509 e. The summed E-state index contributed by atoms with van der Waals surface area (Å²) in [7, 11) is -0.677. The zero-order valence-electron chi connectivity index (χ0n) is 19.7. The highest BCUT2D eigenvalue weighted by molar-refractivity contribution is 8.13. The van der Waals surface area contributed by atoms with Gasteiger partial charge in [0.05, 0.1) is 19.5 Å². The van der Waals surface area contributed by atoms with E-state index >= 15 is 0 Å². The average molecular weight is 531 g/mol. The van der Waals surface area contributed by atoms with Crippen LogP contribution in [0.5, 0.6) is 0 Å². The molecule has 0 saturated carbocycles. The predicted molar refractivity (Wildman–Crippen MR) is 123 cm³/mol. The first-order chi connectivity index (χ1) is 16.4. The molecule has 0 bridgehead atoms. The fraction of sp³-hybridized carbons (Fsp3) is 0.632. The van der Waals surface area contributed by atoms with Crippen molar-refractivity contribution >= 4 is 41.9 Å². The molecular weight excluding hydrogens is 505 g/mol. The van der Waals surface area contributed by atoms with Crippen molar-refractivity contribution in [3.05, 3.63) is 22.5 Å². The minimum absolute atomic E-state index is 0.0215. The van der Waals surface area contributed by atoms with E-state index in [0.717, 1.165) is 11.8 Å². The molecule has 0 spiro atoms. The van der Waals surface area contributed by atoms with E-state index in [1.807, 2.05) is 0 Å². The maximum absolute atomic E-state index is 13.2. The van der Waals surface area contributed by atoms with Crippen molar-refractivity contribution in [3.8, 4) is 0 Å². The van der Waals surface area contributed by atoms with Crippen molar-refractivity contribution in [3.63, 3.8) is 0 Å². The first-order valence-corrected chi connectivity index (χ1v) is 13.1. The van der Waals surface area contributed by atoms with Gasteiger partial charge in [-0.1, -0.05) is 11.8 Å². The number of thioether (sulfide) groups is 1. The molecule has 1 N–H and O–H groups in total. The number of rotatable bonds is 9. The third kappa shape index (κ3) is 4.88. The first-order valence-electron chi connectivity index (χ1n) is 10.6. The smallest absolute Gasteiger partial charge is 0.424 e. The highest BCUT2D eigenvalue weighted by atomic mass is 32.2. The zero-order chi connectivity index (χ0) is 25.5. The molecule has 4 heterocycles. The number of hydrogen-bond donors (Lipinski definition) is 1. The Hall–Kier alpha value is -2.29. The molecule has 2 fully saturated rings. The fourth-order valence-electron chi connectivity index (χ4n) is 3.94.